The lowest BCUT2D eigenvalue weighted by atomic mass is 9.75. The Morgan fingerprint density at radius 3 is 2.44 bits per heavy atom. The zero-order valence-corrected chi connectivity index (χ0v) is 11.5. The van der Waals surface area contributed by atoms with Crippen LogP contribution in [0.1, 0.15) is 32.3 Å². The van der Waals surface area contributed by atoms with E-state index in [0.29, 0.717) is 5.41 Å². The van der Waals surface area contributed by atoms with Crippen LogP contribution in [0.25, 0.3) is 0 Å². The van der Waals surface area contributed by atoms with Crippen LogP contribution < -0.4 is 0 Å². The molecule has 1 aromatic carbocycles. The Morgan fingerprint density at radius 1 is 1.11 bits per heavy atom. The Bertz CT molecular complexity index is 400. The maximum Gasteiger partial charge on any atom is 0.0979 e. The average molecular weight is 245 g/mol. The van der Waals surface area contributed by atoms with Crippen molar-refractivity contribution in [2.75, 3.05) is 19.7 Å². The first-order valence-corrected chi connectivity index (χ1v) is 7.02. The first kappa shape index (κ1) is 12.2. The molecule has 0 aromatic heterocycles. The molecule has 1 atom stereocenters. The average Bonchev–Trinajstić information content (AvgIpc) is 3.16. The lowest BCUT2D eigenvalue weighted by molar-refractivity contribution is 0.133. The summed E-state index contributed by atoms with van der Waals surface area (Å²) >= 11 is 0. The summed E-state index contributed by atoms with van der Waals surface area (Å²) in [7, 11) is 0. The van der Waals surface area contributed by atoms with Gasteiger partial charge in [-0.1, -0.05) is 44.2 Å². The molecule has 2 fully saturated rings. The van der Waals surface area contributed by atoms with Gasteiger partial charge in [0.25, 0.3) is 0 Å². The van der Waals surface area contributed by atoms with Gasteiger partial charge in [-0.2, -0.15) is 0 Å². The van der Waals surface area contributed by atoms with Crippen LogP contribution in [0.4, 0.5) is 0 Å². The largest absolute Gasteiger partial charge is 0.369 e. The van der Waals surface area contributed by atoms with Gasteiger partial charge in [-0.05, 0) is 30.4 Å². The Labute approximate surface area is 110 Å². The number of likely N-dealkylation sites (tertiary alicyclic amines) is 1. The summed E-state index contributed by atoms with van der Waals surface area (Å²) in [6, 6.07) is 10.8. The molecule has 0 radical (unpaired) electrons. The molecule has 0 amide bonds. The minimum absolute atomic E-state index is 0.193. The third-order valence-electron chi connectivity index (χ3n) is 4.86. The number of nitrogens with zero attached hydrogens (tertiary/aromatic N) is 1. The lowest BCUT2D eigenvalue weighted by Gasteiger charge is -2.29. The smallest absolute Gasteiger partial charge is 0.0979 e. The third kappa shape index (κ3) is 2.19. The molecule has 1 unspecified atom stereocenters. The van der Waals surface area contributed by atoms with Gasteiger partial charge in [0.15, 0.2) is 0 Å². The van der Waals surface area contributed by atoms with Crippen LogP contribution in [-0.4, -0.2) is 30.2 Å². The predicted molar refractivity (Wildman–Crippen MR) is 73.4 cm³/mol. The molecule has 2 aliphatic rings. The van der Waals surface area contributed by atoms with Gasteiger partial charge < -0.3 is 4.74 Å². The molecule has 1 spiro atoms. The number of hydrogen-bond acceptors (Lipinski definition) is 2. The maximum atomic E-state index is 5.80. The highest BCUT2D eigenvalue weighted by molar-refractivity contribution is 5.15. The number of rotatable bonds is 2. The van der Waals surface area contributed by atoms with E-state index in [9.17, 15) is 0 Å². The molecule has 3 rings (SSSR count). The van der Waals surface area contributed by atoms with Crippen molar-refractivity contribution in [1.82, 2.24) is 4.90 Å². The van der Waals surface area contributed by atoms with Gasteiger partial charge in [-0.15, -0.1) is 0 Å². The molecule has 2 aliphatic heterocycles. The third-order valence-corrected chi connectivity index (χ3v) is 4.86. The molecule has 18 heavy (non-hydrogen) atoms. The van der Waals surface area contributed by atoms with Crippen molar-refractivity contribution < 1.29 is 4.74 Å². The first-order chi connectivity index (χ1) is 8.61. The molecule has 0 bridgehead atoms. The fourth-order valence-electron chi connectivity index (χ4n) is 3.08. The van der Waals surface area contributed by atoms with Gasteiger partial charge in [0.05, 0.1) is 12.2 Å². The second kappa shape index (κ2) is 4.36. The van der Waals surface area contributed by atoms with Crippen LogP contribution in [0.3, 0.4) is 0 Å². The Hall–Kier alpha value is -0.860. The first-order valence-electron chi connectivity index (χ1n) is 7.02. The van der Waals surface area contributed by atoms with Crippen molar-refractivity contribution in [3.05, 3.63) is 35.9 Å². The van der Waals surface area contributed by atoms with Gasteiger partial charge in [0.2, 0.25) is 0 Å². The van der Waals surface area contributed by atoms with Gasteiger partial charge in [0, 0.05) is 13.1 Å². The van der Waals surface area contributed by atoms with Crippen molar-refractivity contribution >= 4 is 0 Å². The minimum atomic E-state index is 0.193. The highest BCUT2D eigenvalue weighted by Gasteiger charge is 2.56. The summed E-state index contributed by atoms with van der Waals surface area (Å²) < 4.78 is 5.80. The Balaban J connectivity index is 1.66. The molecule has 0 aliphatic carbocycles. The van der Waals surface area contributed by atoms with E-state index >= 15 is 0 Å². The standard InChI is InChI=1S/C16H23NO/c1-15(2)8-10-17(11-9-16(15)13-18-16)12-14-6-4-3-5-7-14/h3-7H,8-13H2,1-2H3. The molecule has 2 heteroatoms. The molecule has 2 nitrogen and oxygen atoms in total. The number of epoxide rings is 1. The predicted octanol–water partition coefficient (Wildman–Crippen LogP) is 3.08. The van der Waals surface area contributed by atoms with Crippen molar-refractivity contribution in [3.63, 3.8) is 0 Å². The molecule has 2 heterocycles. The van der Waals surface area contributed by atoms with E-state index in [-0.39, 0.29) is 5.60 Å². The minimum Gasteiger partial charge on any atom is -0.369 e. The molecular formula is C16H23NO. The lowest BCUT2D eigenvalue weighted by Crippen LogP contribution is -2.32. The number of benzene rings is 1. The van der Waals surface area contributed by atoms with Crippen LogP contribution in [0.2, 0.25) is 0 Å². The second-order valence-electron chi connectivity index (χ2n) is 6.43. The van der Waals surface area contributed by atoms with Gasteiger partial charge in [-0.3, -0.25) is 4.90 Å². The van der Waals surface area contributed by atoms with Crippen LogP contribution in [-0.2, 0) is 11.3 Å². The summed E-state index contributed by atoms with van der Waals surface area (Å²) in [5.41, 5.74) is 1.94. The molecule has 2 saturated heterocycles. The van der Waals surface area contributed by atoms with E-state index in [1.165, 1.54) is 31.5 Å². The quantitative estimate of drug-likeness (QED) is 0.744. The normalized spacial score (nSPS) is 31.2. The van der Waals surface area contributed by atoms with E-state index in [1.807, 2.05) is 0 Å². The van der Waals surface area contributed by atoms with E-state index in [4.69, 9.17) is 4.74 Å². The maximum absolute atomic E-state index is 5.80. The van der Waals surface area contributed by atoms with Crippen molar-refractivity contribution in [2.24, 2.45) is 5.41 Å². The van der Waals surface area contributed by atoms with E-state index in [1.54, 1.807) is 0 Å². The zero-order valence-electron chi connectivity index (χ0n) is 11.5. The van der Waals surface area contributed by atoms with Crippen LogP contribution >= 0.6 is 0 Å². The van der Waals surface area contributed by atoms with Gasteiger partial charge >= 0.3 is 0 Å². The summed E-state index contributed by atoms with van der Waals surface area (Å²) in [5, 5.41) is 0. The van der Waals surface area contributed by atoms with Crippen molar-refractivity contribution in [2.45, 2.75) is 38.8 Å². The summed E-state index contributed by atoms with van der Waals surface area (Å²) in [6.45, 7) is 9.13. The molecule has 0 N–H and O–H groups in total. The second-order valence-corrected chi connectivity index (χ2v) is 6.43. The number of ether oxygens (including phenoxy) is 1. The van der Waals surface area contributed by atoms with E-state index in [2.05, 4.69) is 49.1 Å². The van der Waals surface area contributed by atoms with Gasteiger partial charge in [0.1, 0.15) is 0 Å². The highest BCUT2D eigenvalue weighted by atomic mass is 16.6. The van der Waals surface area contributed by atoms with Crippen LogP contribution in [0.15, 0.2) is 30.3 Å². The SMILES string of the molecule is CC1(C)CCN(Cc2ccccc2)CCC12CO2. The molecular weight excluding hydrogens is 222 g/mol. The summed E-state index contributed by atoms with van der Waals surface area (Å²) in [5.74, 6) is 0. The Morgan fingerprint density at radius 2 is 1.78 bits per heavy atom. The van der Waals surface area contributed by atoms with E-state index < -0.39 is 0 Å². The summed E-state index contributed by atoms with van der Waals surface area (Å²) in [4.78, 5) is 2.58. The van der Waals surface area contributed by atoms with E-state index in [0.717, 1.165) is 13.2 Å². The van der Waals surface area contributed by atoms with Crippen molar-refractivity contribution in [3.8, 4) is 0 Å². The monoisotopic (exact) mass is 245 g/mol. The fourth-order valence-corrected chi connectivity index (χ4v) is 3.08. The van der Waals surface area contributed by atoms with Crippen LogP contribution in [0.5, 0.6) is 0 Å². The number of hydrogen-bond donors (Lipinski definition) is 0. The van der Waals surface area contributed by atoms with Gasteiger partial charge in [-0.25, -0.2) is 0 Å². The molecule has 0 saturated carbocycles. The zero-order chi connectivity index (χ0) is 12.6. The fraction of sp³-hybridized carbons (Fsp3) is 0.625. The topological polar surface area (TPSA) is 15.8 Å². The highest BCUT2D eigenvalue weighted by Crippen LogP contribution is 2.50. The molecule has 1 aromatic rings. The Kier molecular flexibility index (Phi) is 2.95. The molecule has 98 valence electrons. The summed E-state index contributed by atoms with van der Waals surface area (Å²) in [6.07, 6.45) is 2.42. The van der Waals surface area contributed by atoms with Crippen LogP contribution in [0, 0.1) is 5.41 Å². The van der Waals surface area contributed by atoms with Crippen molar-refractivity contribution in [1.29, 1.82) is 0 Å².